The Kier molecular flexibility index (Phi) is 5.89. The van der Waals surface area contributed by atoms with Gasteiger partial charge in [0.1, 0.15) is 6.61 Å². The molecular weight excluding hydrogens is 318 g/mol. The highest BCUT2D eigenvalue weighted by Gasteiger charge is 2.06. The van der Waals surface area contributed by atoms with Crippen LogP contribution in [0.5, 0.6) is 11.5 Å². The van der Waals surface area contributed by atoms with Crippen LogP contribution in [0.4, 0.5) is 8.78 Å². The molecule has 0 atom stereocenters. The zero-order valence-electron chi connectivity index (χ0n) is 13.2. The molecule has 24 heavy (non-hydrogen) atoms. The number of methoxy groups -OCH3 is 2. The maximum absolute atomic E-state index is 13.5. The molecule has 0 radical (unpaired) electrons. The predicted molar refractivity (Wildman–Crippen MR) is 84.7 cm³/mol. The second kappa shape index (κ2) is 8.10. The number of ether oxygens (including phenoxy) is 3. The first-order valence-electron chi connectivity index (χ1n) is 7.04. The average Bonchev–Trinajstić information content (AvgIpc) is 2.58. The van der Waals surface area contributed by atoms with E-state index in [-0.39, 0.29) is 18.1 Å². The van der Waals surface area contributed by atoms with Crippen LogP contribution in [0.3, 0.4) is 0 Å². The molecule has 0 aliphatic carbocycles. The average molecular weight is 334 g/mol. The molecule has 0 aromatic heterocycles. The Morgan fingerprint density at radius 1 is 1.00 bits per heavy atom. The van der Waals surface area contributed by atoms with Crippen molar-refractivity contribution in [2.75, 3.05) is 14.2 Å². The molecule has 0 fully saturated rings. The van der Waals surface area contributed by atoms with Gasteiger partial charge in [0.15, 0.2) is 23.1 Å². The Balaban J connectivity index is 1.93. The van der Waals surface area contributed by atoms with E-state index in [0.29, 0.717) is 11.1 Å². The van der Waals surface area contributed by atoms with Crippen LogP contribution in [-0.4, -0.2) is 20.2 Å². The van der Waals surface area contributed by atoms with Gasteiger partial charge in [0, 0.05) is 6.08 Å². The van der Waals surface area contributed by atoms with Gasteiger partial charge in [0.2, 0.25) is 0 Å². The van der Waals surface area contributed by atoms with Crippen LogP contribution >= 0.6 is 0 Å². The van der Waals surface area contributed by atoms with Crippen LogP contribution in [0.1, 0.15) is 11.1 Å². The topological polar surface area (TPSA) is 44.8 Å². The molecule has 2 rings (SSSR count). The minimum Gasteiger partial charge on any atom is -0.494 e. The van der Waals surface area contributed by atoms with Gasteiger partial charge in [0.25, 0.3) is 0 Å². The maximum Gasteiger partial charge on any atom is 0.331 e. The molecule has 0 unspecified atom stereocenters. The van der Waals surface area contributed by atoms with Crippen molar-refractivity contribution in [3.05, 3.63) is 65.2 Å². The van der Waals surface area contributed by atoms with Gasteiger partial charge in [-0.05, 0) is 41.5 Å². The van der Waals surface area contributed by atoms with E-state index >= 15 is 0 Å². The van der Waals surface area contributed by atoms with Crippen LogP contribution in [-0.2, 0) is 16.1 Å². The lowest BCUT2D eigenvalue weighted by atomic mass is 10.2. The Morgan fingerprint density at radius 3 is 2.21 bits per heavy atom. The maximum atomic E-state index is 13.5. The third-order valence-electron chi connectivity index (χ3n) is 3.19. The third kappa shape index (κ3) is 4.55. The summed E-state index contributed by atoms with van der Waals surface area (Å²) in [5.74, 6) is -1.44. The largest absolute Gasteiger partial charge is 0.494 e. The smallest absolute Gasteiger partial charge is 0.331 e. The fourth-order valence-corrected chi connectivity index (χ4v) is 1.95. The van der Waals surface area contributed by atoms with Crippen molar-refractivity contribution in [1.82, 2.24) is 0 Å². The van der Waals surface area contributed by atoms with Gasteiger partial charge in [-0.15, -0.1) is 0 Å². The van der Waals surface area contributed by atoms with Crippen molar-refractivity contribution in [2.24, 2.45) is 0 Å². The Hall–Kier alpha value is -2.89. The summed E-state index contributed by atoms with van der Waals surface area (Å²) in [5, 5.41) is 0. The number of hydrogen-bond donors (Lipinski definition) is 0. The minimum absolute atomic E-state index is 0.0823. The first kappa shape index (κ1) is 17.5. The predicted octanol–water partition coefficient (Wildman–Crippen LogP) is 3.74. The molecule has 0 bridgehead atoms. The quantitative estimate of drug-likeness (QED) is 0.596. The van der Waals surface area contributed by atoms with Gasteiger partial charge in [-0.2, -0.15) is 0 Å². The summed E-state index contributed by atoms with van der Waals surface area (Å²) in [6, 6.07) is 8.58. The van der Waals surface area contributed by atoms with Crippen molar-refractivity contribution in [2.45, 2.75) is 6.61 Å². The molecule has 126 valence electrons. The van der Waals surface area contributed by atoms with E-state index in [2.05, 4.69) is 0 Å². The zero-order chi connectivity index (χ0) is 17.5. The first-order valence-corrected chi connectivity index (χ1v) is 7.04. The lowest BCUT2D eigenvalue weighted by Crippen LogP contribution is -2.01. The van der Waals surface area contributed by atoms with E-state index in [9.17, 15) is 13.6 Å². The highest BCUT2D eigenvalue weighted by molar-refractivity contribution is 5.87. The SMILES string of the molecule is COc1ccc(/C=C/C(=O)OCc2ccc(OC)c(F)c2)cc1F. The molecule has 2 aromatic carbocycles. The second-order valence-electron chi connectivity index (χ2n) is 4.80. The Bertz CT molecular complexity index is 757. The van der Waals surface area contributed by atoms with Crippen LogP contribution < -0.4 is 9.47 Å². The van der Waals surface area contributed by atoms with E-state index < -0.39 is 17.6 Å². The van der Waals surface area contributed by atoms with E-state index in [1.54, 1.807) is 12.1 Å². The van der Waals surface area contributed by atoms with Crippen LogP contribution in [0.2, 0.25) is 0 Å². The van der Waals surface area contributed by atoms with E-state index in [4.69, 9.17) is 14.2 Å². The van der Waals surface area contributed by atoms with Crippen molar-refractivity contribution >= 4 is 12.0 Å². The van der Waals surface area contributed by atoms with Gasteiger partial charge >= 0.3 is 5.97 Å². The highest BCUT2D eigenvalue weighted by Crippen LogP contribution is 2.19. The van der Waals surface area contributed by atoms with E-state index in [1.807, 2.05) is 0 Å². The fraction of sp³-hybridized carbons (Fsp3) is 0.167. The number of hydrogen-bond acceptors (Lipinski definition) is 4. The summed E-state index contributed by atoms with van der Waals surface area (Å²) in [4.78, 5) is 11.7. The lowest BCUT2D eigenvalue weighted by molar-refractivity contribution is -0.138. The normalized spacial score (nSPS) is 10.7. The zero-order valence-corrected chi connectivity index (χ0v) is 13.2. The summed E-state index contributed by atoms with van der Waals surface area (Å²) in [6.07, 6.45) is 2.58. The molecule has 4 nitrogen and oxygen atoms in total. The number of halogens is 2. The van der Waals surface area contributed by atoms with Crippen LogP contribution in [0, 0.1) is 11.6 Å². The molecule has 0 N–H and O–H groups in total. The second-order valence-corrected chi connectivity index (χ2v) is 4.80. The minimum atomic E-state index is -0.623. The molecule has 0 saturated carbocycles. The monoisotopic (exact) mass is 334 g/mol. The van der Waals surface area contributed by atoms with Crippen molar-refractivity contribution in [1.29, 1.82) is 0 Å². The van der Waals surface area contributed by atoms with Crippen LogP contribution in [0.15, 0.2) is 42.5 Å². The van der Waals surface area contributed by atoms with E-state index in [0.717, 1.165) is 0 Å². The van der Waals surface area contributed by atoms with Gasteiger partial charge in [0.05, 0.1) is 14.2 Å². The van der Waals surface area contributed by atoms with Crippen molar-refractivity contribution in [3.8, 4) is 11.5 Å². The molecule has 0 aliphatic heterocycles. The molecule has 6 heteroatoms. The Labute approximate surface area is 138 Å². The molecule has 2 aromatic rings. The van der Waals surface area contributed by atoms with Crippen molar-refractivity contribution < 1.29 is 27.8 Å². The molecule has 0 heterocycles. The van der Waals surface area contributed by atoms with Gasteiger partial charge in [-0.3, -0.25) is 0 Å². The third-order valence-corrected chi connectivity index (χ3v) is 3.19. The van der Waals surface area contributed by atoms with E-state index in [1.165, 1.54) is 50.6 Å². The summed E-state index contributed by atoms with van der Waals surface area (Å²) in [5.41, 5.74) is 0.978. The van der Waals surface area contributed by atoms with Gasteiger partial charge in [-0.1, -0.05) is 12.1 Å². The molecule has 0 aliphatic rings. The summed E-state index contributed by atoms with van der Waals surface area (Å²) in [7, 11) is 2.73. The summed E-state index contributed by atoms with van der Waals surface area (Å²) < 4.78 is 41.7. The first-order chi connectivity index (χ1) is 11.5. The lowest BCUT2D eigenvalue weighted by Gasteiger charge is -2.05. The van der Waals surface area contributed by atoms with Gasteiger partial charge < -0.3 is 14.2 Å². The number of carbonyl (C=O) groups excluding carboxylic acids is 1. The summed E-state index contributed by atoms with van der Waals surface area (Å²) in [6.45, 7) is -0.0823. The number of esters is 1. The Morgan fingerprint density at radius 2 is 1.62 bits per heavy atom. The standard InChI is InChI=1S/C18H16F2O4/c1-22-16-6-3-12(9-14(16)19)5-8-18(21)24-11-13-4-7-17(23-2)15(20)10-13/h3-10H,11H2,1-2H3/b8-5+. The highest BCUT2D eigenvalue weighted by atomic mass is 19.1. The molecule has 0 amide bonds. The van der Waals surface area contributed by atoms with Crippen LogP contribution in [0.25, 0.3) is 6.08 Å². The number of rotatable bonds is 6. The number of carbonyl (C=O) groups is 1. The molecule has 0 saturated heterocycles. The molecule has 0 spiro atoms. The number of benzene rings is 2. The summed E-state index contributed by atoms with van der Waals surface area (Å²) >= 11 is 0. The van der Waals surface area contributed by atoms with Gasteiger partial charge in [-0.25, -0.2) is 13.6 Å². The van der Waals surface area contributed by atoms with Crippen molar-refractivity contribution in [3.63, 3.8) is 0 Å². The molecular formula is C18H16F2O4. The fourth-order valence-electron chi connectivity index (χ4n) is 1.95.